The fourth-order valence-electron chi connectivity index (χ4n) is 4.10. The molecule has 6 rings (SSSR count). The molecule has 9 nitrogen and oxygen atoms in total. The molecule has 0 aliphatic carbocycles. The highest BCUT2D eigenvalue weighted by Gasteiger charge is 2.17. The van der Waals surface area contributed by atoms with Crippen molar-refractivity contribution in [3.8, 4) is 16.8 Å². The Balaban J connectivity index is 1.45. The van der Waals surface area contributed by atoms with E-state index in [1.54, 1.807) is 24.4 Å². The van der Waals surface area contributed by atoms with E-state index in [2.05, 4.69) is 31.4 Å². The monoisotopic (exact) mass is 439 g/mol. The van der Waals surface area contributed by atoms with Crippen molar-refractivity contribution in [1.82, 2.24) is 39.3 Å². The number of para-hydroxylation sites is 1. The number of rotatable bonds is 4. The lowest BCUT2D eigenvalue weighted by atomic mass is 10.0. The van der Waals surface area contributed by atoms with Gasteiger partial charge in [-0.05, 0) is 23.8 Å². The topological polar surface area (TPSA) is 105 Å². The van der Waals surface area contributed by atoms with E-state index in [9.17, 15) is 4.39 Å². The number of hydrogen-bond acceptors (Lipinski definition) is 6. The zero-order valence-electron chi connectivity index (χ0n) is 17.6. The summed E-state index contributed by atoms with van der Waals surface area (Å²) in [7, 11) is 1.91. The van der Waals surface area contributed by atoms with E-state index in [0.29, 0.717) is 29.4 Å². The number of hydrogen-bond donors (Lipinski definition) is 1. The fourth-order valence-corrected chi connectivity index (χ4v) is 4.10. The number of aromatic nitrogens is 8. The van der Waals surface area contributed by atoms with Gasteiger partial charge in [0.1, 0.15) is 35.0 Å². The molecule has 0 saturated carbocycles. The van der Waals surface area contributed by atoms with Crippen molar-refractivity contribution < 1.29 is 4.39 Å². The number of nitrogen functional groups attached to an aromatic ring is 1. The molecule has 2 aromatic carbocycles. The van der Waals surface area contributed by atoms with Gasteiger partial charge in [0.15, 0.2) is 0 Å². The molecule has 0 aliphatic rings. The molecule has 0 atom stereocenters. The lowest BCUT2D eigenvalue weighted by molar-refractivity contribution is 0.607. The SMILES string of the molecule is Cn1ncc2ccc(-c3cn(Cc4cn(-c5ccccc5F)nn4)c4ncnc(N)c34)cc21. The predicted octanol–water partition coefficient (Wildman–Crippen LogP) is 3.34. The first-order valence-corrected chi connectivity index (χ1v) is 10.3. The molecule has 2 N–H and O–H groups in total. The Labute approximate surface area is 186 Å². The van der Waals surface area contributed by atoms with Gasteiger partial charge in [0, 0.05) is 24.2 Å². The number of fused-ring (bicyclic) bond motifs is 2. The van der Waals surface area contributed by atoms with E-state index >= 15 is 0 Å². The van der Waals surface area contributed by atoms with Gasteiger partial charge in [-0.25, -0.2) is 19.0 Å². The van der Waals surface area contributed by atoms with Gasteiger partial charge in [-0.2, -0.15) is 5.10 Å². The van der Waals surface area contributed by atoms with Gasteiger partial charge in [0.2, 0.25) is 0 Å². The number of anilines is 1. The van der Waals surface area contributed by atoms with Crippen molar-refractivity contribution in [1.29, 1.82) is 0 Å². The Bertz CT molecular complexity index is 1640. The van der Waals surface area contributed by atoms with E-state index in [4.69, 9.17) is 5.73 Å². The molecule has 0 bridgehead atoms. The van der Waals surface area contributed by atoms with Crippen LogP contribution in [-0.2, 0) is 13.6 Å². The summed E-state index contributed by atoms with van der Waals surface area (Å²) in [6.45, 7) is 0.384. The molecule has 162 valence electrons. The summed E-state index contributed by atoms with van der Waals surface area (Å²) >= 11 is 0. The van der Waals surface area contributed by atoms with Gasteiger partial charge in [-0.15, -0.1) is 5.10 Å². The maximum Gasteiger partial charge on any atom is 0.148 e. The van der Waals surface area contributed by atoms with Crippen LogP contribution in [0.3, 0.4) is 0 Å². The molecular formula is C23H18FN9. The van der Waals surface area contributed by atoms with Crippen LogP contribution in [0.15, 0.2) is 67.4 Å². The summed E-state index contributed by atoms with van der Waals surface area (Å²) in [6, 6.07) is 12.6. The number of nitrogens with zero attached hydrogens (tertiary/aromatic N) is 8. The lowest BCUT2D eigenvalue weighted by Crippen LogP contribution is -2.01. The van der Waals surface area contributed by atoms with Crippen LogP contribution in [0.5, 0.6) is 0 Å². The largest absolute Gasteiger partial charge is 0.383 e. The minimum Gasteiger partial charge on any atom is -0.383 e. The van der Waals surface area contributed by atoms with Gasteiger partial charge < -0.3 is 10.3 Å². The number of halogens is 1. The summed E-state index contributed by atoms with van der Waals surface area (Å²) < 4.78 is 19.4. The molecule has 0 aliphatic heterocycles. The average Bonchev–Trinajstić information content (AvgIpc) is 3.53. The second kappa shape index (κ2) is 7.23. The van der Waals surface area contributed by atoms with Crippen LogP contribution in [0.2, 0.25) is 0 Å². The molecule has 6 aromatic rings. The van der Waals surface area contributed by atoms with Crippen molar-refractivity contribution in [2.24, 2.45) is 7.05 Å². The van der Waals surface area contributed by atoms with Crippen LogP contribution in [0, 0.1) is 5.82 Å². The molecule has 0 amide bonds. The van der Waals surface area contributed by atoms with E-state index < -0.39 is 0 Å². The third-order valence-corrected chi connectivity index (χ3v) is 5.72. The average molecular weight is 439 g/mol. The maximum atomic E-state index is 14.1. The van der Waals surface area contributed by atoms with Crippen LogP contribution in [0.4, 0.5) is 10.2 Å². The van der Waals surface area contributed by atoms with Gasteiger partial charge in [0.05, 0.1) is 29.8 Å². The highest BCUT2D eigenvalue weighted by molar-refractivity contribution is 6.02. The van der Waals surface area contributed by atoms with Crippen LogP contribution in [0.25, 0.3) is 38.8 Å². The van der Waals surface area contributed by atoms with Gasteiger partial charge >= 0.3 is 0 Å². The Morgan fingerprint density at radius 3 is 2.82 bits per heavy atom. The molecule has 0 spiro atoms. The molecule has 4 aromatic heterocycles. The van der Waals surface area contributed by atoms with E-state index in [-0.39, 0.29) is 5.82 Å². The quantitative estimate of drug-likeness (QED) is 0.452. The number of benzene rings is 2. The molecule has 33 heavy (non-hydrogen) atoms. The van der Waals surface area contributed by atoms with E-state index in [0.717, 1.165) is 27.4 Å². The first kappa shape index (κ1) is 19.1. The fraction of sp³-hybridized carbons (Fsp3) is 0.0870. The highest BCUT2D eigenvalue weighted by Crippen LogP contribution is 2.34. The summed E-state index contributed by atoms with van der Waals surface area (Å²) in [5.41, 5.74) is 10.8. The van der Waals surface area contributed by atoms with Crippen molar-refractivity contribution in [2.75, 3.05) is 5.73 Å². The smallest absolute Gasteiger partial charge is 0.148 e. The van der Waals surface area contributed by atoms with Crippen LogP contribution in [0.1, 0.15) is 5.69 Å². The summed E-state index contributed by atoms with van der Waals surface area (Å²) in [5, 5.41) is 14.5. The third kappa shape index (κ3) is 3.11. The zero-order valence-corrected chi connectivity index (χ0v) is 17.6. The van der Waals surface area contributed by atoms with E-state index in [1.165, 1.54) is 17.1 Å². The van der Waals surface area contributed by atoms with Gasteiger partial charge in [-0.3, -0.25) is 4.68 Å². The summed E-state index contributed by atoms with van der Waals surface area (Å²) in [4.78, 5) is 8.67. The highest BCUT2D eigenvalue weighted by atomic mass is 19.1. The third-order valence-electron chi connectivity index (χ3n) is 5.72. The van der Waals surface area contributed by atoms with Crippen molar-refractivity contribution in [3.63, 3.8) is 0 Å². The predicted molar refractivity (Wildman–Crippen MR) is 122 cm³/mol. The Hall–Kier alpha value is -4.60. The first-order valence-electron chi connectivity index (χ1n) is 10.3. The maximum absolute atomic E-state index is 14.1. The normalized spacial score (nSPS) is 11.6. The second-order valence-corrected chi connectivity index (χ2v) is 7.78. The Morgan fingerprint density at radius 2 is 1.94 bits per heavy atom. The zero-order chi connectivity index (χ0) is 22.5. The van der Waals surface area contributed by atoms with Crippen molar-refractivity contribution in [2.45, 2.75) is 6.54 Å². The minimum absolute atomic E-state index is 0.338. The molecule has 0 saturated heterocycles. The number of nitrogens with two attached hydrogens (primary N) is 1. The number of aryl methyl sites for hydroxylation is 1. The van der Waals surface area contributed by atoms with Crippen LogP contribution in [-0.4, -0.2) is 39.3 Å². The lowest BCUT2D eigenvalue weighted by Gasteiger charge is -2.02. The Kier molecular flexibility index (Phi) is 4.19. The molecule has 0 radical (unpaired) electrons. The molecule has 0 unspecified atom stereocenters. The molecule has 0 fully saturated rings. The standard InChI is InChI=1S/C23H18FN9/c1-31-20-8-14(6-7-15(20)9-28-31)17-12-32(23-21(17)22(25)26-13-27-23)10-16-11-33(30-29-16)19-5-3-2-4-18(19)24/h2-9,11-13H,10H2,1H3,(H2,25,26,27). The van der Waals surface area contributed by atoms with Crippen LogP contribution < -0.4 is 5.73 Å². The van der Waals surface area contributed by atoms with Gasteiger partial charge in [0.25, 0.3) is 0 Å². The molecule has 4 heterocycles. The first-order chi connectivity index (χ1) is 16.1. The van der Waals surface area contributed by atoms with E-state index in [1.807, 2.05) is 40.8 Å². The minimum atomic E-state index is -0.367. The summed E-state index contributed by atoms with van der Waals surface area (Å²) in [6.07, 6.45) is 6.96. The molecule has 10 heteroatoms. The van der Waals surface area contributed by atoms with Crippen molar-refractivity contribution in [3.05, 3.63) is 78.9 Å². The Morgan fingerprint density at radius 1 is 1.06 bits per heavy atom. The second-order valence-electron chi connectivity index (χ2n) is 7.78. The van der Waals surface area contributed by atoms with Crippen molar-refractivity contribution >= 4 is 27.8 Å². The molecular weight excluding hydrogens is 421 g/mol. The summed E-state index contributed by atoms with van der Waals surface area (Å²) in [5.74, 6) is 0.0302. The van der Waals surface area contributed by atoms with Gasteiger partial charge in [-0.1, -0.05) is 29.5 Å². The van der Waals surface area contributed by atoms with Crippen LogP contribution >= 0.6 is 0 Å².